The molecule has 206 valence electrons. The van der Waals surface area contributed by atoms with Gasteiger partial charge in [-0.2, -0.15) is 11.8 Å². The largest absolute Gasteiger partial charge is 0.460 e. The van der Waals surface area contributed by atoms with E-state index < -0.39 is 29.3 Å². The van der Waals surface area contributed by atoms with Crippen LogP contribution < -0.4 is 17.3 Å². The molecule has 14 heteroatoms. The molecule has 0 heterocycles. The summed E-state index contributed by atoms with van der Waals surface area (Å²) in [6, 6.07) is 8.95. The molecule has 0 amide bonds. The highest BCUT2D eigenvalue weighted by molar-refractivity contribution is 5.77. The van der Waals surface area contributed by atoms with E-state index in [2.05, 4.69) is 26.6 Å². The Morgan fingerprint density at radius 1 is 0.811 bits per heavy atom. The van der Waals surface area contributed by atoms with Crippen LogP contribution >= 0.6 is 0 Å². The molecular formula is C23H33N3O11. The molecule has 0 fully saturated rings. The number of hydroxylamine groups is 1. The van der Waals surface area contributed by atoms with Crippen molar-refractivity contribution in [2.75, 3.05) is 39.6 Å². The Kier molecular flexibility index (Phi) is 15.9. The van der Waals surface area contributed by atoms with Crippen LogP contribution in [0.1, 0.15) is 24.8 Å². The van der Waals surface area contributed by atoms with Crippen LogP contribution in [0.15, 0.2) is 43.1 Å². The second kappa shape index (κ2) is 18.7. The van der Waals surface area contributed by atoms with E-state index in [0.717, 1.165) is 5.56 Å². The Bertz CT molecular complexity index is 828. The van der Waals surface area contributed by atoms with E-state index >= 15 is 0 Å². The number of rotatable bonds is 20. The average molecular weight is 528 g/mol. The van der Waals surface area contributed by atoms with Crippen LogP contribution in [-0.2, 0) is 59.2 Å². The molecule has 0 saturated heterocycles. The van der Waals surface area contributed by atoms with Gasteiger partial charge >= 0.3 is 23.9 Å². The average Bonchev–Trinajstić information content (AvgIpc) is 2.92. The number of nitrogens with two attached hydrogens (primary N) is 2. The lowest BCUT2D eigenvalue weighted by atomic mass is 9.91. The number of esters is 1. The molecule has 5 N–H and O–H groups in total. The molecule has 0 atom stereocenters. The standard InChI is InChI=1S/C23H33N3O11/c1-2-26-37-21(29)10-13-33-17-23(15-31-11-8-19(27)35-24,16-32-12-9-20(28)36-25)22(30)34-14-18-6-4-3-5-7-18/h2-7,26H,1,8-17,24-25H2. The summed E-state index contributed by atoms with van der Waals surface area (Å²) in [7, 11) is 0. The maximum absolute atomic E-state index is 13.3. The zero-order valence-corrected chi connectivity index (χ0v) is 20.4. The molecule has 0 aliphatic carbocycles. The maximum atomic E-state index is 13.3. The summed E-state index contributed by atoms with van der Waals surface area (Å²) in [4.78, 5) is 60.4. The van der Waals surface area contributed by atoms with Crippen molar-refractivity contribution < 1.29 is 52.6 Å². The van der Waals surface area contributed by atoms with Crippen molar-refractivity contribution in [1.82, 2.24) is 5.48 Å². The third-order valence-corrected chi connectivity index (χ3v) is 4.65. The Labute approximate surface area is 213 Å². The first-order valence-electron chi connectivity index (χ1n) is 11.2. The minimum Gasteiger partial charge on any atom is -0.460 e. The van der Waals surface area contributed by atoms with Crippen LogP contribution in [-0.4, -0.2) is 63.5 Å². The zero-order valence-electron chi connectivity index (χ0n) is 20.4. The Balaban J connectivity index is 2.93. The van der Waals surface area contributed by atoms with Gasteiger partial charge in [0.15, 0.2) is 0 Å². The number of nitrogens with one attached hydrogen (secondary N) is 1. The molecule has 1 rings (SSSR count). The van der Waals surface area contributed by atoms with Gasteiger partial charge < -0.3 is 33.5 Å². The molecule has 1 aromatic carbocycles. The van der Waals surface area contributed by atoms with E-state index in [9.17, 15) is 19.2 Å². The fourth-order valence-corrected chi connectivity index (χ4v) is 2.72. The van der Waals surface area contributed by atoms with Crippen LogP contribution in [0.25, 0.3) is 0 Å². The van der Waals surface area contributed by atoms with Crippen molar-refractivity contribution in [3.8, 4) is 0 Å². The predicted octanol–water partition coefficient (Wildman–Crippen LogP) is -0.0386. The van der Waals surface area contributed by atoms with E-state index in [1.54, 1.807) is 24.3 Å². The van der Waals surface area contributed by atoms with Gasteiger partial charge in [0.05, 0.1) is 58.9 Å². The summed E-state index contributed by atoms with van der Waals surface area (Å²) in [6.07, 6.45) is 0.708. The molecule has 0 bridgehead atoms. The number of carbonyl (C=O) groups is 4. The highest BCUT2D eigenvalue weighted by Crippen LogP contribution is 2.24. The number of carbonyl (C=O) groups excluding carboxylic acids is 4. The normalized spacial score (nSPS) is 10.8. The molecule has 0 unspecified atom stereocenters. The molecule has 1 aromatic rings. The number of benzene rings is 1. The van der Waals surface area contributed by atoms with Gasteiger partial charge in [0, 0.05) is 6.20 Å². The molecule has 14 nitrogen and oxygen atoms in total. The highest BCUT2D eigenvalue weighted by Gasteiger charge is 2.42. The topological polar surface area (TPSA) is 197 Å². The molecule has 0 aromatic heterocycles. The molecule has 0 aliphatic heterocycles. The van der Waals surface area contributed by atoms with E-state index in [1.165, 1.54) is 6.20 Å². The highest BCUT2D eigenvalue weighted by atomic mass is 16.7. The molecule has 37 heavy (non-hydrogen) atoms. The number of hydrogen-bond donors (Lipinski definition) is 3. The van der Waals surface area contributed by atoms with Crippen LogP contribution in [0, 0.1) is 5.41 Å². The summed E-state index contributed by atoms with van der Waals surface area (Å²) in [5.74, 6) is 6.87. The Morgan fingerprint density at radius 3 is 1.76 bits per heavy atom. The summed E-state index contributed by atoms with van der Waals surface area (Å²) < 4.78 is 22.2. The van der Waals surface area contributed by atoms with Crippen molar-refractivity contribution in [2.45, 2.75) is 25.9 Å². The van der Waals surface area contributed by atoms with Crippen molar-refractivity contribution in [3.63, 3.8) is 0 Å². The van der Waals surface area contributed by atoms with Crippen LogP contribution in [0.3, 0.4) is 0 Å². The van der Waals surface area contributed by atoms with E-state index in [0.29, 0.717) is 0 Å². The van der Waals surface area contributed by atoms with Crippen LogP contribution in [0.5, 0.6) is 0 Å². The van der Waals surface area contributed by atoms with Gasteiger partial charge in [0.2, 0.25) is 0 Å². The summed E-state index contributed by atoms with van der Waals surface area (Å²) in [6.45, 7) is 2.10. The minimum absolute atomic E-state index is 0.0417. The third kappa shape index (κ3) is 13.4. The second-order valence-corrected chi connectivity index (χ2v) is 7.53. The summed E-state index contributed by atoms with van der Waals surface area (Å²) in [5.41, 5.74) is 1.41. The van der Waals surface area contributed by atoms with Gasteiger partial charge in [-0.05, 0) is 5.56 Å². The van der Waals surface area contributed by atoms with Crippen molar-refractivity contribution in [1.29, 1.82) is 0 Å². The zero-order chi connectivity index (χ0) is 27.4. The van der Waals surface area contributed by atoms with Gasteiger partial charge in [-0.1, -0.05) is 36.9 Å². The second-order valence-electron chi connectivity index (χ2n) is 7.53. The van der Waals surface area contributed by atoms with E-state index in [4.69, 9.17) is 30.7 Å². The number of hydrogen-bond acceptors (Lipinski definition) is 14. The van der Waals surface area contributed by atoms with Gasteiger partial charge in [-0.3, -0.25) is 14.4 Å². The third-order valence-electron chi connectivity index (χ3n) is 4.65. The Morgan fingerprint density at radius 2 is 1.30 bits per heavy atom. The number of ether oxygens (including phenoxy) is 4. The molecule has 0 aliphatic rings. The lowest BCUT2D eigenvalue weighted by Gasteiger charge is -2.31. The maximum Gasteiger partial charge on any atom is 0.334 e. The summed E-state index contributed by atoms with van der Waals surface area (Å²) >= 11 is 0. The lowest BCUT2D eigenvalue weighted by molar-refractivity contribution is -0.174. The van der Waals surface area contributed by atoms with Gasteiger partial charge in [-0.15, -0.1) is 0 Å². The van der Waals surface area contributed by atoms with E-state index in [1.807, 2.05) is 6.07 Å². The Hall–Kier alpha value is -3.56. The smallest absolute Gasteiger partial charge is 0.334 e. The lowest BCUT2D eigenvalue weighted by Crippen LogP contribution is -2.46. The molecular weight excluding hydrogens is 494 g/mol. The van der Waals surface area contributed by atoms with Gasteiger partial charge in [0.25, 0.3) is 0 Å². The molecule has 0 spiro atoms. The SMILES string of the molecule is C=CNOC(=O)CCOCC(COCCC(=O)ON)(COCCC(=O)ON)C(=O)OCc1ccccc1. The van der Waals surface area contributed by atoms with Gasteiger partial charge in [-0.25, -0.2) is 10.3 Å². The predicted molar refractivity (Wildman–Crippen MR) is 125 cm³/mol. The monoisotopic (exact) mass is 527 g/mol. The van der Waals surface area contributed by atoms with Crippen LogP contribution in [0.2, 0.25) is 0 Å². The molecule has 0 radical (unpaired) electrons. The first-order chi connectivity index (χ1) is 17.9. The van der Waals surface area contributed by atoms with Crippen molar-refractivity contribution >= 4 is 23.9 Å². The fraction of sp³-hybridized carbons (Fsp3) is 0.478. The summed E-state index contributed by atoms with van der Waals surface area (Å²) in [5, 5.41) is 0. The first kappa shape index (κ1) is 31.5. The van der Waals surface area contributed by atoms with Crippen molar-refractivity contribution in [3.05, 3.63) is 48.7 Å². The van der Waals surface area contributed by atoms with Crippen LogP contribution in [0.4, 0.5) is 0 Å². The first-order valence-corrected chi connectivity index (χ1v) is 11.2. The molecule has 0 saturated carbocycles. The fourth-order valence-electron chi connectivity index (χ4n) is 2.72. The van der Waals surface area contributed by atoms with E-state index in [-0.39, 0.29) is 65.5 Å². The minimum atomic E-state index is -1.53. The van der Waals surface area contributed by atoms with Gasteiger partial charge in [0.1, 0.15) is 12.0 Å². The van der Waals surface area contributed by atoms with Crippen molar-refractivity contribution in [2.24, 2.45) is 17.2 Å². The quantitative estimate of drug-likeness (QED) is 0.116.